The SMILES string of the molecule is COC(=O)c1ccc(N(CC2CC2)c2cc(C3CC3)cc(C3CC3)c2)cc1. The molecular weight excluding hydrogens is 334 g/mol. The van der Waals surface area contributed by atoms with Crippen LogP contribution in [0.1, 0.15) is 71.8 Å². The predicted molar refractivity (Wildman–Crippen MR) is 108 cm³/mol. The van der Waals surface area contributed by atoms with Crippen LogP contribution in [-0.4, -0.2) is 19.6 Å². The smallest absolute Gasteiger partial charge is 0.337 e. The molecule has 3 saturated carbocycles. The van der Waals surface area contributed by atoms with Gasteiger partial charge in [0.05, 0.1) is 12.7 Å². The molecule has 3 aliphatic carbocycles. The zero-order valence-electron chi connectivity index (χ0n) is 16.0. The first-order valence-electron chi connectivity index (χ1n) is 10.3. The summed E-state index contributed by atoms with van der Waals surface area (Å²) < 4.78 is 4.84. The van der Waals surface area contributed by atoms with E-state index in [0.717, 1.165) is 24.3 Å². The fourth-order valence-electron chi connectivity index (χ4n) is 3.93. The second-order valence-corrected chi connectivity index (χ2v) is 8.50. The molecule has 5 rings (SSSR count). The van der Waals surface area contributed by atoms with Crippen LogP contribution in [-0.2, 0) is 4.74 Å². The van der Waals surface area contributed by atoms with Crippen molar-refractivity contribution in [1.82, 2.24) is 0 Å². The topological polar surface area (TPSA) is 29.5 Å². The third kappa shape index (κ3) is 3.73. The van der Waals surface area contributed by atoms with E-state index in [1.54, 1.807) is 0 Å². The number of ether oxygens (including phenoxy) is 1. The maximum Gasteiger partial charge on any atom is 0.337 e. The van der Waals surface area contributed by atoms with Crippen molar-refractivity contribution < 1.29 is 9.53 Å². The molecule has 0 bridgehead atoms. The minimum atomic E-state index is -0.276. The summed E-state index contributed by atoms with van der Waals surface area (Å²) in [6, 6.07) is 15.2. The average Bonchev–Trinajstić information content (AvgIpc) is 3.58. The highest BCUT2D eigenvalue weighted by Gasteiger charge is 2.31. The largest absolute Gasteiger partial charge is 0.465 e. The lowest BCUT2D eigenvalue weighted by Crippen LogP contribution is -2.20. The van der Waals surface area contributed by atoms with Crippen LogP contribution in [0.15, 0.2) is 42.5 Å². The van der Waals surface area contributed by atoms with Gasteiger partial charge >= 0.3 is 5.97 Å². The Kier molecular flexibility index (Phi) is 4.18. The number of hydrogen-bond acceptors (Lipinski definition) is 3. The predicted octanol–water partition coefficient (Wildman–Crippen LogP) is 5.78. The van der Waals surface area contributed by atoms with Crippen molar-refractivity contribution in [2.75, 3.05) is 18.6 Å². The highest BCUT2D eigenvalue weighted by molar-refractivity contribution is 5.89. The summed E-state index contributed by atoms with van der Waals surface area (Å²) in [7, 11) is 1.43. The van der Waals surface area contributed by atoms with Crippen LogP contribution in [0.3, 0.4) is 0 Å². The van der Waals surface area contributed by atoms with Crippen LogP contribution >= 0.6 is 0 Å². The first kappa shape index (κ1) is 16.9. The summed E-state index contributed by atoms with van der Waals surface area (Å²) in [6.45, 7) is 1.07. The Morgan fingerprint density at radius 1 is 0.889 bits per heavy atom. The minimum absolute atomic E-state index is 0.276. The molecule has 0 heterocycles. The lowest BCUT2D eigenvalue weighted by Gasteiger charge is -2.27. The molecule has 2 aromatic rings. The summed E-state index contributed by atoms with van der Waals surface area (Å²) in [5, 5.41) is 0. The molecule has 0 aliphatic heterocycles. The summed E-state index contributed by atoms with van der Waals surface area (Å²) in [5.74, 6) is 2.06. The minimum Gasteiger partial charge on any atom is -0.465 e. The second kappa shape index (κ2) is 6.70. The van der Waals surface area contributed by atoms with E-state index in [1.807, 2.05) is 12.1 Å². The maximum atomic E-state index is 11.8. The van der Waals surface area contributed by atoms with Gasteiger partial charge in [-0.05, 0) is 104 Å². The number of rotatable bonds is 7. The third-order valence-electron chi connectivity index (χ3n) is 6.11. The van der Waals surface area contributed by atoms with Crippen molar-refractivity contribution in [2.45, 2.75) is 50.4 Å². The van der Waals surface area contributed by atoms with Gasteiger partial charge in [-0.25, -0.2) is 4.79 Å². The zero-order valence-corrected chi connectivity index (χ0v) is 16.0. The Balaban J connectivity index is 1.50. The number of benzene rings is 2. The van der Waals surface area contributed by atoms with Gasteiger partial charge in [0.2, 0.25) is 0 Å². The van der Waals surface area contributed by atoms with E-state index in [2.05, 4.69) is 35.2 Å². The van der Waals surface area contributed by atoms with Crippen molar-refractivity contribution in [2.24, 2.45) is 5.92 Å². The Morgan fingerprint density at radius 3 is 1.96 bits per heavy atom. The molecular formula is C24H27NO2. The van der Waals surface area contributed by atoms with E-state index >= 15 is 0 Å². The number of esters is 1. The van der Waals surface area contributed by atoms with Gasteiger partial charge in [-0.1, -0.05) is 6.07 Å². The van der Waals surface area contributed by atoms with Gasteiger partial charge in [0.15, 0.2) is 0 Å². The molecule has 0 radical (unpaired) electrons. The van der Waals surface area contributed by atoms with E-state index in [-0.39, 0.29) is 5.97 Å². The fourth-order valence-corrected chi connectivity index (χ4v) is 3.93. The zero-order chi connectivity index (χ0) is 18.4. The van der Waals surface area contributed by atoms with Gasteiger partial charge in [-0.2, -0.15) is 0 Å². The maximum absolute atomic E-state index is 11.8. The molecule has 140 valence electrons. The number of anilines is 2. The Morgan fingerprint density at radius 2 is 1.48 bits per heavy atom. The normalized spacial score (nSPS) is 19.0. The highest BCUT2D eigenvalue weighted by Crippen LogP contribution is 2.47. The molecule has 3 heteroatoms. The van der Waals surface area contributed by atoms with Crippen LogP contribution in [0.2, 0.25) is 0 Å². The second-order valence-electron chi connectivity index (χ2n) is 8.50. The molecule has 3 aliphatic rings. The van der Waals surface area contributed by atoms with E-state index in [0.29, 0.717) is 5.56 Å². The van der Waals surface area contributed by atoms with Gasteiger partial charge in [0, 0.05) is 17.9 Å². The van der Waals surface area contributed by atoms with Crippen molar-refractivity contribution >= 4 is 17.3 Å². The molecule has 2 aromatic carbocycles. The average molecular weight is 361 g/mol. The van der Waals surface area contributed by atoms with Gasteiger partial charge in [0.25, 0.3) is 0 Å². The molecule has 0 spiro atoms. The number of hydrogen-bond donors (Lipinski definition) is 0. The molecule has 0 N–H and O–H groups in total. The fraction of sp³-hybridized carbons (Fsp3) is 0.458. The Hall–Kier alpha value is -2.29. The van der Waals surface area contributed by atoms with Gasteiger partial charge in [0.1, 0.15) is 0 Å². The molecule has 0 unspecified atom stereocenters. The number of carbonyl (C=O) groups excluding carboxylic acids is 1. The van der Waals surface area contributed by atoms with Crippen LogP contribution in [0.4, 0.5) is 11.4 Å². The molecule has 0 saturated heterocycles. The lowest BCUT2D eigenvalue weighted by molar-refractivity contribution is 0.0601. The summed E-state index contributed by atoms with van der Waals surface area (Å²) in [6.07, 6.45) is 8.01. The van der Waals surface area contributed by atoms with Crippen LogP contribution in [0.25, 0.3) is 0 Å². The highest BCUT2D eigenvalue weighted by atomic mass is 16.5. The van der Waals surface area contributed by atoms with Gasteiger partial charge in [-0.3, -0.25) is 0 Å². The third-order valence-corrected chi connectivity index (χ3v) is 6.11. The van der Waals surface area contributed by atoms with E-state index < -0.39 is 0 Å². The number of nitrogens with zero attached hydrogens (tertiary/aromatic N) is 1. The molecule has 0 aromatic heterocycles. The van der Waals surface area contributed by atoms with Crippen molar-refractivity contribution in [3.63, 3.8) is 0 Å². The number of carbonyl (C=O) groups is 1. The monoisotopic (exact) mass is 361 g/mol. The molecule has 3 fully saturated rings. The summed E-state index contributed by atoms with van der Waals surface area (Å²) in [5.41, 5.74) is 6.17. The molecule has 3 nitrogen and oxygen atoms in total. The molecule has 27 heavy (non-hydrogen) atoms. The van der Waals surface area contributed by atoms with E-state index in [1.165, 1.54) is 68.1 Å². The standard InChI is InChI=1S/C24H27NO2/c1-27-24(26)19-8-10-22(11-9-19)25(15-16-2-3-16)23-13-20(17-4-5-17)12-21(14-23)18-6-7-18/h8-14,16-18H,2-7,15H2,1H3. The number of methoxy groups -OCH3 is 1. The van der Waals surface area contributed by atoms with Gasteiger partial charge < -0.3 is 9.64 Å². The molecule has 0 atom stereocenters. The molecule has 0 amide bonds. The first-order valence-corrected chi connectivity index (χ1v) is 10.3. The summed E-state index contributed by atoms with van der Waals surface area (Å²) in [4.78, 5) is 14.2. The summed E-state index contributed by atoms with van der Waals surface area (Å²) >= 11 is 0. The van der Waals surface area contributed by atoms with E-state index in [9.17, 15) is 4.79 Å². The van der Waals surface area contributed by atoms with Crippen molar-refractivity contribution in [1.29, 1.82) is 0 Å². The van der Waals surface area contributed by atoms with E-state index in [4.69, 9.17) is 4.74 Å². The van der Waals surface area contributed by atoms with Gasteiger partial charge in [-0.15, -0.1) is 0 Å². The van der Waals surface area contributed by atoms with Crippen LogP contribution < -0.4 is 4.90 Å². The van der Waals surface area contributed by atoms with Crippen molar-refractivity contribution in [3.05, 3.63) is 59.2 Å². The van der Waals surface area contributed by atoms with Crippen LogP contribution in [0.5, 0.6) is 0 Å². The Bertz CT molecular complexity index is 815. The quantitative estimate of drug-likeness (QED) is 0.586. The van der Waals surface area contributed by atoms with Crippen molar-refractivity contribution in [3.8, 4) is 0 Å². The lowest BCUT2D eigenvalue weighted by atomic mass is 10.0. The first-order chi connectivity index (χ1) is 13.2. The Labute approximate surface area is 161 Å². The van der Waals surface area contributed by atoms with Crippen LogP contribution in [0, 0.1) is 5.92 Å².